The van der Waals surface area contributed by atoms with Gasteiger partial charge in [-0.1, -0.05) is 6.07 Å². The van der Waals surface area contributed by atoms with Crippen LogP contribution in [0.4, 0.5) is 10.5 Å². The highest BCUT2D eigenvalue weighted by molar-refractivity contribution is 7.13. The first-order valence-corrected chi connectivity index (χ1v) is 8.44. The van der Waals surface area contributed by atoms with E-state index in [0.29, 0.717) is 6.54 Å². The fourth-order valence-electron chi connectivity index (χ4n) is 2.21. The van der Waals surface area contributed by atoms with E-state index >= 15 is 0 Å². The van der Waals surface area contributed by atoms with E-state index in [1.54, 1.807) is 29.5 Å². The predicted molar refractivity (Wildman–Crippen MR) is 97.0 cm³/mol. The first-order valence-electron chi connectivity index (χ1n) is 7.56. The van der Waals surface area contributed by atoms with Gasteiger partial charge in [0, 0.05) is 35.6 Å². The molecule has 0 aliphatic carbocycles. The van der Waals surface area contributed by atoms with E-state index < -0.39 is 0 Å². The predicted octanol–water partition coefficient (Wildman–Crippen LogP) is 4.18. The van der Waals surface area contributed by atoms with Crippen LogP contribution in [0.3, 0.4) is 0 Å². The number of nitrogens with one attached hydrogen (secondary N) is 1. The van der Waals surface area contributed by atoms with Gasteiger partial charge < -0.3 is 10.2 Å². The van der Waals surface area contributed by atoms with Crippen LogP contribution in [0.5, 0.6) is 0 Å². The van der Waals surface area contributed by atoms with Crippen molar-refractivity contribution < 1.29 is 4.79 Å². The summed E-state index contributed by atoms with van der Waals surface area (Å²) >= 11 is 1.61. The summed E-state index contributed by atoms with van der Waals surface area (Å²) in [6.07, 6.45) is 1.72. The summed E-state index contributed by atoms with van der Waals surface area (Å²) in [6.45, 7) is 2.44. The molecule has 5 nitrogen and oxygen atoms in total. The summed E-state index contributed by atoms with van der Waals surface area (Å²) < 4.78 is 0. The molecule has 1 aromatic carbocycles. The molecule has 0 aliphatic rings. The fourth-order valence-corrected chi connectivity index (χ4v) is 3.01. The lowest BCUT2D eigenvalue weighted by Gasteiger charge is -2.17. The quantitative estimate of drug-likeness (QED) is 0.776. The largest absolute Gasteiger partial charge is 0.322 e. The van der Waals surface area contributed by atoms with Crippen molar-refractivity contribution in [1.82, 2.24) is 14.9 Å². The fraction of sp³-hybridized carbons (Fsp3) is 0.167. The highest BCUT2D eigenvalue weighted by Gasteiger charge is 2.10. The third kappa shape index (κ3) is 3.97. The number of urea groups is 1. The van der Waals surface area contributed by atoms with Crippen LogP contribution in [-0.4, -0.2) is 27.9 Å². The van der Waals surface area contributed by atoms with Gasteiger partial charge in [-0.2, -0.15) is 0 Å². The number of pyridine rings is 1. The van der Waals surface area contributed by atoms with Crippen molar-refractivity contribution in [3.8, 4) is 10.6 Å². The van der Waals surface area contributed by atoms with Crippen molar-refractivity contribution in [1.29, 1.82) is 0 Å². The number of benzene rings is 1. The Balaban J connectivity index is 1.62. The Morgan fingerprint density at radius 3 is 2.62 bits per heavy atom. The second-order valence-corrected chi connectivity index (χ2v) is 6.34. The molecule has 2 amide bonds. The van der Waals surface area contributed by atoms with Gasteiger partial charge in [0.25, 0.3) is 0 Å². The second-order valence-electron chi connectivity index (χ2n) is 5.48. The monoisotopic (exact) mass is 338 g/mol. The molecule has 0 spiro atoms. The van der Waals surface area contributed by atoms with Gasteiger partial charge in [0.2, 0.25) is 0 Å². The Labute approximate surface area is 145 Å². The maximum Gasteiger partial charge on any atom is 0.321 e. The lowest BCUT2D eigenvalue weighted by Crippen LogP contribution is -2.31. The Morgan fingerprint density at radius 2 is 2.00 bits per heavy atom. The summed E-state index contributed by atoms with van der Waals surface area (Å²) in [4.78, 5) is 22.5. The molecule has 122 valence electrons. The molecule has 2 aromatic heterocycles. The summed E-state index contributed by atoms with van der Waals surface area (Å²) in [5, 5.41) is 5.90. The molecule has 0 saturated heterocycles. The molecule has 1 N–H and O–H groups in total. The van der Waals surface area contributed by atoms with Gasteiger partial charge in [0.05, 0.1) is 12.2 Å². The molecule has 0 radical (unpaired) electrons. The number of thiazole rings is 1. The number of aromatic nitrogens is 2. The van der Waals surface area contributed by atoms with Crippen LogP contribution in [-0.2, 0) is 6.54 Å². The molecule has 24 heavy (non-hydrogen) atoms. The molecule has 6 heteroatoms. The van der Waals surface area contributed by atoms with E-state index in [1.807, 2.05) is 54.8 Å². The number of amides is 2. The van der Waals surface area contributed by atoms with E-state index in [4.69, 9.17) is 0 Å². The first kappa shape index (κ1) is 16.1. The second kappa shape index (κ2) is 7.23. The smallest absolute Gasteiger partial charge is 0.321 e. The number of rotatable bonds is 4. The van der Waals surface area contributed by atoms with Gasteiger partial charge in [-0.25, -0.2) is 9.78 Å². The zero-order chi connectivity index (χ0) is 16.9. The van der Waals surface area contributed by atoms with Crippen LogP contribution >= 0.6 is 11.3 Å². The van der Waals surface area contributed by atoms with Gasteiger partial charge >= 0.3 is 6.03 Å². The van der Waals surface area contributed by atoms with E-state index in [0.717, 1.165) is 27.6 Å². The van der Waals surface area contributed by atoms with E-state index in [-0.39, 0.29) is 6.03 Å². The summed E-state index contributed by atoms with van der Waals surface area (Å²) in [6, 6.07) is 13.2. The minimum Gasteiger partial charge on any atom is -0.322 e. The van der Waals surface area contributed by atoms with Crippen molar-refractivity contribution in [2.75, 3.05) is 12.4 Å². The Bertz CT molecular complexity index is 815. The van der Waals surface area contributed by atoms with Gasteiger partial charge in [0.1, 0.15) is 5.01 Å². The average molecular weight is 338 g/mol. The highest BCUT2D eigenvalue weighted by atomic mass is 32.1. The van der Waals surface area contributed by atoms with Crippen LogP contribution in [0.2, 0.25) is 0 Å². The molecule has 3 aromatic rings. The van der Waals surface area contributed by atoms with Crippen molar-refractivity contribution >= 4 is 23.1 Å². The Morgan fingerprint density at radius 1 is 1.21 bits per heavy atom. The van der Waals surface area contributed by atoms with Gasteiger partial charge in [-0.05, 0) is 43.3 Å². The van der Waals surface area contributed by atoms with Crippen LogP contribution in [0.1, 0.15) is 11.4 Å². The van der Waals surface area contributed by atoms with E-state index in [1.165, 1.54) is 0 Å². The maximum atomic E-state index is 12.3. The van der Waals surface area contributed by atoms with Crippen molar-refractivity contribution in [3.05, 3.63) is 65.4 Å². The zero-order valence-corrected chi connectivity index (χ0v) is 14.4. The van der Waals surface area contributed by atoms with Crippen molar-refractivity contribution in [3.63, 3.8) is 0 Å². The van der Waals surface area contributed by atoms with E-state index in [9.17, 15) is 4.79 Å². The molecule has 3 rings (SSSR count). The number of carbonyl (C=O) groups is 1. The number of hydrogen-bond acceptors (Lipinski definition) is 4. The van der Waals surface area contributed by atoms with Crippen LogP contribution in [0.15, 0.2) is 54.0 Å². The summed E-state index contributed by atoms with van der Waals surface area (Å²) in [7, 11) is 1.75. The van der Waals surface area contributed by atoms with Gasteiger partial charge in [-0.15, -0.1) is 11.3 Å². The first-order chi connectivity index (χ1) is 11.6. The standard InChI is InChI=1S/C18H18N4OS/c1-13-12-24-17(20-13)14-6-8-15(9-7-14)21-18(23)22(2)11-16-5-3-4-10-19-16/h3-10,12H,11H2,1-2H3,(H,21,23). The minimum absolute atomic E-state index is 0.168. The number of carbonyl (C=O) groups excluding carboxylic acids is 1. The molecule has 0 saturated carbocycles. The van der Waals surface area contributed by atoms with Crippen molar-refractivity contribution in [2.45, 2.75) is 13.5 Å². The number of anilines is 1. The highest BCUT2D eigenvalue weighted by Crippen LogP contribution is 2.24. The van der Waals surface area contributed by atoms with Crippen LogP contribution < -0.4 is 5.32 Å². The Hall–Kier alpha value is -2.73. The average Bonchev–Trinajstić information content (AvgIpc) is 3.03. The third-order valence-electron chi connectivity index (χ3n) is 3.47. The number of hydrogen-bond donors (Lipinski definition) is 1. The molecule has 0 fully saturated rings. The molecule has 0 atom stereocenters. The van der Waals surface area contributed by atoms with Gasteiger partial charge in [0.15, 0.2) is 0 Å². The molecular formula is C18H18N4OS. The third-order valence-corrected chi connectivity index (χ3v) is 4.48. The molecule has 0 unspecified atom stereocenters. The molecule has 2 heterocycles. The Kier molecular flexibility index (Phi) is 4.86. The molecule has 0 aliphatic heterocycles. The molecule has 0 bridgehead atoms. The number of nitrogens with zero attached hydrogens (tertiary/aromatic N) is 3. The maximum absolute atomic E-state index is 12.3. The molecular weight excluding hydrogens is 320 g/mol. The SMILES string of the molecule is Cc1csc(-c2ccc(NC(=O)N(C)Cc3ccccn3)cc2)n1. The van der Waals surface area contributed by atoms with Crippen LogP contribution in [0, 0.1) is 6.92 Å². The summed E-state index contributed by atoms with van der Waals surface area (Å²) in [5.41, 5.74) is 3.67. The van der Waals surface area contributed by atoms with Gasteiger partial charge in [-0.3, -0.25) is 4.98 Å². The van der Waals surface area contributed by atoms with Crippen molar-refractivity contribution in [2.24, 2.45) is 0 Å². The number of aryl methyl sites for hydroxylation is 1. The summed E-state index contributed by atoms with van der Waals surface area (Å²) in [5.74, 6) is 0. The zero-order valence-electron chi connectivity index (χ0n) is 13.6. The minimum atomic E-state index is -0.168. The lowest BCUT2D eigenvalue weighted by atomic mass is 10.2. The topological polar surface area (TPSA) is 58.1 Å². The lowest BCUT2D eigenvalue weighted by molar-refractivity contribution is 0.220. The normalized spacial score (nSPS) is 10.4. The van der Waals surface area contributed by atoms with Crippen LogP contribution in [0.25, 0.3) is 10.6 Å². The van der Waals surface area contributed by atoms with E-state index in [2.05, 4.69) is 15.3 Å².